The van der Waals surface area contributed by atoms with Gasteiger partial charge in [-0.05, 0) is 53.2 Å². The highest BCUT2D eigenvalue weighted by Crippen LogP contribution is 2.24. The number of hydrogen-bond acceptors (Lipinski definition) is 3. The zero-order chi connectivity index (χ0) is 11.1. The van der Waals surface area contributed by atoms with Gasteiger partial charge in [0.15, 0.2) is 0 Å². The molecular formula is C12H26N2O. The summed E-state index contributed by atoms with van der Waals surface area (Å²) in [6.07, 6.45) is 5.54. The van der Waals surface area contributed by atoms with Crippen LogP contribution in [0.3, 0.4) is 0 Å². The van der Waals surface area contributed by atoms with E-state index < -0.39 is 0 Å². The molecule has 3 nitrogen and oxygen atoms in total. The Kier molecular flexibility index (Phi) is 6.22. The van der Waals surface area contributed by atoms with Crippen molar-refractivity contribution in [1.82, 2.24) is 10.2 Å². The second kappa shape index (κ2) is 7.20. The van der Waals surface area contributed by atoms with E-state index in [1.54, 1.807) is 0 Å². The molecule has 1 aliphatic carbocycles. The molecule has 0 heterocycles. The highest BCUT2D eigenvalue weighted by molar-refractivity contribution is 4.82. The van der Waals surface area contributed by atoms with E-state index >= 15 is 0 Å². The molecular weight excluding hydrogens is 188 g/mol. The third-order valence-corrected chi connectivity index (χ3v) is 3.05. The Labute approximate surface area is 94.2 Å². The van der Waals surface area contributed by atoms with Crippen molar-refractivity contribution in [1.29, 1.82) is 0 Å². The van der Waals surface area contributed by atoms with E-state index in [-0.39, 0.29) is 0 Å². The van der Waals surface area contributed by atoms with Gasteiger partial charge in [-0.3, -0.25) is 0 Å². The predicted molar refractivity (Wildman–Crippen MR) is 64.2 cm³/mol. The molecule has 15 heavy (non-hydrogen) atoms. The predicted octanol–water partition coefficient (Wildman–Crippen LogP) is 1.49. The fourth-order valence-electron chi connectivity index (χ4n) is 1.75. The van der Waals surface area contributed by atoms with Crippen molar-refractivity contribution in [2.45, 2.75) is 44.8 Å². The molecule has 1 saturated carbocycles. The molecule has 0 aromatic carbocycles. The van der Waals surface area contributed by atoms with Gasteiger partial charge in [0, 0.05) is 12.6 Å². The van der Waals surface area contributed by atoms with Gasteiger partial charge in [-0.2, -0.15) is 0 Å². The van der Waals surface area contributed by atoms with Crippen LogP contribution in [0.25, 0.3) is 0 Å². The maximum atomic E-state index is 5.77. The van der Waals surface area contributed by atoms with Crippen molar-refractivity contribution in [3.05, 3.63) is 0 Å². The lowest BCUT2D eigenvalue weighted by molar-refractivity contribution is 0.0454. The maximum absolute atomic E-state index is 5.77. The van der Waals surface area contributed by atoms with Gasteiger partial charge in [0.1, 0.15) is 0 Å². The molecule has 0 aliphatic heterocycles. The normalized spacial score (nSPS) is 18.4. The minimum absolute atomic E-state index is 0.408. The van der Waals surface area contributed by atoms with Crippen molar-refractivity contribution in [2.75, 3.05) is 33.8 Å². The minimum Gasteiger partial charge on any atom is -0.377 e. The van der Waals surface area contributed by atoms with Gasteiger partial charge in [0.05, 0.1) is 12.7 Å². The van der Waals surface area contributed by atoms with E-state index in [2.05, 4.69) is 24.2 Å². The fraction of sp³-hybridized carbons (Fsp3) is 1.00. The fourth-order valence-corrected chi connectivity index (χ4v) is 1.75. The molecule has 0 bridgehead atoms. The lowest BCUT2D eigenvalue weighted by Gasteiger charge is -2.18. The first-order chi connectivity index (χ1) is 7.24. The van der Waals surface area contributed by atoms with Gasteiger partial charge in [-0.15, -0.1) is 0 Å². The van der Waals surface area contributed by atoms with Crippen molar-refractivity contribution in [3.8, 4) is 0 Å². The summed E-state index contributed by atoms with van der Waals surface area (Å²) in [6, 6.07) is 0.855. The molecule has 0 saturated heterocycles. The van der Waals surface area contributed by atoms with Crippen LogP contribution >= 0.6 is 0 Å². The summed E-state index contributed by atoms with van der Waals surface area (Å²) in [5.74, 6) is 0. The third kappa shape index (κ3) is 6.13. The van der Waals surface area contributed by atoms with Crippen molar-refractivity contribution >= 4 is 0 Å². The van der Waals surface area contributed by atoms with Crippen LogP contribution < -0.4 is 5.32 Å². The van der Waals surface area contributed by atoms with Gasteiger partial charge in [0.2, 0.25) is 0 Å². The molecule has 1 aliphatic rings. The van der Waals surface area contributed by atoms with E-state index in [4.69, 9.17) is 4.74 Å². The summed E-state index contributed by atoms with van der Waals surface area (Å²) in [7, 11) is 4.20. The summed E-state index contributed by atoms with van der Waals surface area (Å²) in [6.45, 7) is 5.23. The first-order valence-electron chi connectivity index (χ1n) is 6.20. The molecule has 1 rings (SSSR count). The monoisotopic (exact) mass is 214 g/mol. The van der Waals surface area contributed by atoms with E-state index in [1.807, 2.05) is 7.05 Å². The Bertz CT molecular complexity index is 160. The second-order valence-corrected chi connectivity index (χ2v) is 4.64. The lowest BCUT2D eigenvalue weighted by atomic mass is 10.2. The third-order valence-electron chi connectivity index (χ3n) is 3.05. The Morgan fingerprint density at radius 1 is 1.47 bits per heavy atom. The van der Waals surface area contributed by atoms with Crippen LogP contribution in [0.2, 0.25) is 0 Å². The zero-order valence-electron chi connectivity index (χ0n) is 10.5. The number of rotatable bonds is 9. The summed E-state index contributed by atoms with van der Waals surface area (Å²) < 4.78 is 5.77. The van der Waals surface area contributed by atoms with Crippen LogP contribution in [0.1, 0.15) is 32.6 Å². The van der Waals surface area contributed by atoms with Crippen LogP contribution in [0.15, 0.2) is 0 Å². The summed E-state index contributed by atoms with van der Waals surface area (Å²) >= 11 is 0. The van der Waals surface area contributed by atoms with E-state index in [9.17, 15) is 0 Å². The average Bonchev–Trinajstić information content (AvgIpc) is 3.01. The molecule has 0 radical (unpaired) electrons. The van der Waals surface area contributed by atoms with Crippen molar-refractivity contribution in [2.24, 2.45) is 0 Å². The van der Waals surface area contributed by atoms with Gasteiger partial charge in [0.25, 0.3) is 0 Å². The summed E-state index contributed by atoms with van der Waals surface area (Å²) in [5.41, 5.74) is 0. The number of nitrogens with zero attached hydrogens (tertiary/aromatic N) is 1. The Morgan fingerprint density at radius 3 is 2.80 bits per heavy atom. The maximum Gasteiger partial charge on any atom is 0.0597 e. The number of hydrogen-bond donors (Lipinski definition) is 1. The Morgan fingerprint density at radius 2 is 2.20 bits per heavy atom. The van der Waals surface area contributed by atoms with Crippen LogP contribution in [0.5, 0.6) is 0 Å². The van der Waals surface area contributed by atoms with Gasteiger partial charge >= 0.3 is 0 Å². The SMILES string of the molecule is CNCCCC(C)OCCN(C)C1CC1. The van der Waals surface area contributed by atoms with Crippen molar-refractivity contribution < 1.29 is 4.74 Å². The topological polar surface area (TPSA) is 24.5 Å². The van der Waals surface area contributed by atoms with Gasteiger partial charge < -0.3 is 15.0 Å². The summed E-state index contributed by atoms with van der Waals surface area (Å²) in [5, 5.41) is 3.16. The molecule has 3 heteroatoms. The zero-order valence-corrected chi connectivity index (χ0v) is 10.5. The molecule has 1 unspecified atom stereocenters. The van der Waals surface area contributed by atoms with Gasteiger partial charge in [-0.25, -0.2) is 0 Å². The molecule has 90 valence electrons. The molecule has 0 amide bonds. The molecule has 1 fully saturated rings. The first-order valence-corrected chi connectivity index (χ1v) is 6.20. The second-order valence-electron chi connectivity index (χ2n) is 4.64. The standard InChI is InChI=1S/C12H26N2O/c1-11(5-4-8-13-2)15-10-9-14(3)12-6-7-12/h11-13H,4-10H2,1-3H3. The average molecular weight is 214 g/mol. The molecule has 0 aromatic rings. The van der Waals surface area contributed by atoms with Gasteiger partial charge in [-0.1, -0.05) is 0 Å². The molecule has 0 spiro atoms. The van der Waals surface area contributed by atoms with E-state index in [1.165, 1.54) is 19.3 Å². The number of nitrogens with one attached hydrogen (secondary N) is 1. The lowest BCUT2D eigenvalue weighted by Crippen LogP contribution is -2.26. The highest BCUT2D eigenvalue weighted by Gasteiger charge is 2.25. The Hall–Kier alpha value is -0.120. The van der Waals surface area contributed by atoms with E-state index in [0.717, 1.165) is 32.2 Å². The minimum atomic E-state index is 0.408. The number of likely N-dealkylation sites (N-methyl/N-ethyl adjacent to an activating group) is 1. The number of ether oxygens (including phenoxy) is 1. The largest absolute Gasteiger partial charge is 0.377 e. The first kappa shape index (κ1) is 12.9. The molecule has 1 atom stereocenters. The van der Waals surface area contributed by atoms with Crippen LogP contribution in [-0.4, -0.2) is 50.8 Å². The highest BCUT2D eigenvalue weighted by atomic mass is 16.5. The molecule has 1 N–H and O–H groups in total. The Balaban J connectivity index is 1.89. The van der Waals surface area contributed by atoms with Crippen molar-refractivity contribution in [3.63, 3.8) is 0 Å². The summed E-state index contributed by atoms with van der Waals surface area (Å²) in [4.78, 5) is 2.42. The van der Waals surface area contributed by atoms with Crippen LogP contribution in [0.4, 0.5) is 0 Å². The van der Waals surface area contributed by atoms with Crippen LogP contribution in [0, 0.1) is 0 Å². The molecule has 0 aromatic heterocycles. The van der Waals surface area contributed by atoms with E-state index in [0.29, 0.717) is 6.10 Å². The smallest absolute Gasteiger partial charge is 0.0597 e. The van der Waals surface area contributed by atoms with Crippen LogP contribution in [-0.2, 0) is 4.74 Å². The quantitative estimate of drug-likeness (QED) is 0.589.